The zero-order valence-electron chi connectivity index (χ0n) is 14.9. The summed E-state index contributed by atoms with van der Waals surface area (Å²) in [4.78, 5) is 14.9. The summed E-state index contributed by atoms with van der Waals surface area (Å²) < 4.78 is 27.2. The average Bonchev–Trinajstić information content (AvgIpc) is 2.64. The molecule has 0 aliphatic carbocycles. The highest BCUT2D eigenvalue weighted by Crippen LogP contribution is 2.25. The lowest BCUT2D eigenvalue weighted by Gasteiger charge is -2.32. The summed E-state index contributed by atoms with van der Waals surface area (Å²) in [5.74, 6) is -0.379. The lowest BCUT2D eigenvalue weighted by Crippen LogP contribution is -2.52. The van der Waals surface area contributed by atoms with Crippen molar-refractivity contribution in [2.75, 3.05) is 46.3 Å². The van der Waals surface area contributed by atoms with Gasteiger partial charge >= 0.3 is 0 Å². The van der Waals surface area contributed by atoms with E-state index in [1.807, 2.05) is 12.1 Å². The van der Waals surface area contributed by atoms with Crippen molar-refractivity contribution in [1.82, 2.24) is 19.6 Å². The maximum atomic E-state index is 12.8. The van der Waals surface area contributed by atoms with Crippen LogP contribution in [0.2, 0.25) is 5.02 Å². The van der Waals surface area contributed by atoms with Crippen LogP contribution in [0.1, 0.15) is 29.6 Å². The fraction of sp³-hybridized carbons (Fsp3) is 0.588. The summed E-state index contributed by atoms with van der Waals surface area (Å²) >= 11 is 6.17. The molecule has 2 aliphatic heterocycles. The number of halogens is 1. The van der Waals surface area contributed by atoms with Crippen LogP contribution < -0.4 is 5.43 Å². The number of hydrazine groups is 1. The number of piperazine rings is 1. The molecule has 0 bridgehead atoms. The first kappa shape index (κ1) is 19.6. The third kappa shape index (κ3) is 4.37. The van der Waals surface area contributed by atoms with Gasteiger partial charge in [0, 0.05) is 39.3 Å². The van der Waals surface area contributed by atoms with Gasteiger partial charge in [-0.2, -0.15) is 4.31 Å². The van der Waals surface area contributed by atoms with Crippen LogP contribution in [0.5, 0.6) is 0 Å². The standard InChI is InChI=1S/C17H25ClN4O3S/c1-20-9-11-21(12-10-20)19-17(23)15-13-14(5-6-16(15)18)26(24,25)22-7-3-2-4-8-22/h5-6,13H,2-4,7-12H2,1H3,(H,19,23). The van der Waals surface area contributed by atoms with Crippen molar-refractivity contribution in [3.05, 3.63) is 28.8 Å². The van der Waals surface area contributed by atoms with Crippen LogP contribution in [-0.2, 0) is 10.0 Å². The number of piperidine rings is 1. The number of hydrogen-bond acceptors (Lipinski definition) is 5. The van der Waals surface area contributed by atoms with Crippen molar-refractivity contribution in [2.24, 2.45) is 0 Å². The average molecular weight is 401 g/mol. The zero-order valence-corrected chi connectivity index (χ0v) is 16.5. The number of carbonyl (C=O) groups excluding carboxylic acids is 1. The van der Waals surface area contributed by atoms with Gasteiger partial charge in [-0.25, -0.2) is 13.4 Å². The topological polar surface area (TPSA) is 73.0 Å². The summed E-state index contributed by atoms with van der Waals surface area (Å²) in [5.41, 5.74) is 3.01. The molecule has 9 heteroatoms. The fourth-order valence-electron chi connectivity index (χ4n) is 3.22. The maximum absolute atomic E-state index is 12.8. The van der Waals surface area contributed by atoms with Crippen LogP contribution in [0, 0.1) is 0 Å². The molecule has 144 valence electrons. The smallest absolute Gasteiger partial charge is 0.267 e. The Balaban J connectivity index is 1.77. The molecular formula is C17H25ClN4O3S. The molecule has 0 atom stereocenters. The minimum Gasteiger partial charge on any atom is -0.304 e. The first-order chi connectivity index (χ1) is 12.4. The van der Waals surface area contributed by atoms with Crippen molar-refractivity contribution in [3.8, 4) is 0 Å². The number of sulfonamides is 1. The minimum atomic E-state index is -3.60. The van der Waals surface area contributed by atoms with Gasteiger partial charge in [-0.3, -0.25) is 10.2 Å². The number of nitrogens with zero attached hydrogens (tertiary/aromatic N) is 3. The van der Waals surface area contributed by atoms with E-state index in [1.54, 1.807) is 0 Å². The molecule has 3 rings (SSSR count). The largest absolute Gasteiger partial charge is 0.304 e. The molecule has 1 amide bonds. The number of hydrogen-bond donors (Lipinski definition) is 1. The van der Waals surface area contributed by atoms with E-state index in [2.05, 4.69) is 10.3 Å². The van der Waals surface area contributed by atoms with Crippen molar-refractivity contribution in [1.29, 1.82) is 0 Å². The summed E-state index contributed by atoms with van der Waals surface area (Å²) in [6, 6.07) is 4.34. The Morgan fingerprint density at radius 1 is 1.04 bits per heavy atom. The second-order valence-electron chi connectivity index (χ2n) is 6.84. The molecule has 0 saturated carbocycles. The first-order valence-electron chi connectivity index (χ1n) is 8.92. The Kier molecular flexibility index (Phi) is 6.19. The first-order valence-corrected chi connectivity index (χ1v) is 10.7. The van der Waals surface area contributed by atoms with Crippen molar-refractivity contribution in [2.45, 2.75) is 24.2 Å². The summed E-state index contributed by atoms with van der Waals surface area (Å²) in [7, 11) is -1.57. The van der Waals surface area contributed by atoms with E-state index in [9.17, 15) is 13.2 Å². The quantitative estimate of drug-likeness (QED) is 0.827. The molecule has 26 heavy (non-hydrogen) atoms. The summed E-state index contributed by atoms with van der Waals surface area (Å²) in [5, 5.41) is 2.08. The van der Waals surface area contributed by atoms with Crippen LogP contribution in [0.4, 0.5) is 0 Å². The Morgan fingerprint density at radius 3 is 2.35 bits per heavy atom. The van der Waals surface area contributed by atoms with E-state index in [4.69, 9.17) is 11.6 Å². The van der Waals surface area contributed by atoms with Gasteiger partial charge in [-0.1, -0.05) is 18.0 Å². The van der Waals surface area contributed by atoms with Gasteiger partial charge in [0.05, 0.1) is 15.5 Å². The number of likely N-dealkylation sites (N-methyl/N-ethyl adjacent to an activating group) is 1. The van der Waals surface area contributed by atoms with Gasteiger partial charge < -0.3 is 4.90 Å². The van der Waals surface area contributed by atoms with Crippen molar-refractivity contribution >= 4 is 27.5 Å². The molecule has 0 radical (unpaired) electrons. The van der Waals surface area contributed by atoms with Crippen LogP contribution in [0.15, 0.2) is 23.1 Å². The number of benzene rings is 1. The molecular weight excluding hydrogens is 376 g/mol. The number of rotatable bonds is 4. The number of carbonyl (C=O) groups is 1. The van der Waals surface area contributed by atoms with E-state index in [0.29, 0.717) is 26.2 Å². The number of nitrogens with one attached hydrogen (secondary N) is 1. The Morgan fingerprint density at radius 2 is 1.69 bits per heavy atom. The van der Waals surface area contributed by atoms with Crippen LogP contribution in [0.25, 0.3) is 0 Å². The lowest BCUT2D eigenvalue weighted by molar-refractivity contribution is 0.0662. The maximum Gasteiger partial charge on any atom is 0.267 e. The van der Waals surface area contributed by atoms with Gasteiger partial charge in [0.1, 0.15) is 0 Å². The van der Waals surface area contributed by atoms with E-state index in [0.717, 1.165) is 32.4 Å². The van der Waals surface area contributed by atoms with Gasteiger partial charge in [0.25, 0.3) is 5.91 Å². The predicted molar refractivity (Wildman–Crippen MR) is 101 cm³/mol. The van der Waals surface area contributed by atoms with E-state index in [1.165, 1.54) is 22.5 Å². The SMILES string of the molecule is CN1CCN(NC(=O)c2cc(S(=O)(=O)N3CCCCC3)ccc2Cl)CC1. The summed E-state index contributed by atoms with van der Waals surface area (Å²) in [6.45, 7) is 4.19. The van der Waals surface area contributed by atoms with Crippen LogP contribution >= 0.6 is 11.6 Å². The van der Waals surface area contributed by atoms with E-state index >= 15 is 0 Å². The molecule has 0 aromatic heterocycles. The van der Waals surface area contributed by atoms with Crippen molar-refractivity contribution in [3.63, 3.8) is 0 Å². The van der Waals surface area contributed by atoms with Gasteiger partial charge in [-0.15, -0.1) is 0 Å². The van der Waals surface area contributed by atoms with E-state index in [-0.39, 0.29) is 21.4 Å². The third-order valence-corrected chi connectivity index (χ3v) is 7.12. The molecule has 1 N–H and O–H groups in total. The second kappa shape index (κ2) is 8.22. The summed E-state index contributed by atoms with van der Waals surface area (Å²) in [6.07, 6.45) is 2.78. The van der Waals surface area contributed by atoms with Gasteiger partial charge in [0.2, 0.25) is 10.0 Å². The highest BCUT2D eigenvalue weighted by Gasteiger charge is 2.27. The molecule has 2 fully saturated rings. The van der Waals surface area contributed by atoms with E-state index < -0.39 is 10.0 Å². The zero-order chi connectivity index (χ0) is 18.7. The fourth-order valence-corrected chi connectivity index (χ4v) is 4.96. The Hall–Kier alpha value is -1.19. The highest BCUT2D eigenvalue weighted by atomic mass is 35.5. The molecule has 1 aromatic rings. The second-order valence-corrected chi connectivity index (χ2v) is 9.18. The molecule has 0 unspecified atom stereocenters. The monoisotopic (exact) mass is 400 g/mol. The number of amides is 1. The van der Waals surface area contributed by atoms with Crippen LogP contribution in [-0.4, -0.2) is 74.9 Å². The molecule has 2 heterocycles. The molecule has 2 aliphatic rings. The molecule has 7 nitrogen and oxygen atoms in total. The lowest BCUT2D eigenvalue weighted by atomic mass is 10.2. The van der Waals surface area contributed by atoms with Crippen LogP contribution in [0.3, 0.4) is 0 Å². The van der Waals surface area contributed by atoms with Crippen molar-refractivity contribution < 1.29 is 13.2 Å². The van der Waals surface area contributed by atoms with Gasteiger partial charge in [-0.05, 0) is 38.1 Å². The van der Waals surface area contributed by atoms with Gasteiger partial charge in [0.15, 0.2) is 0 Å². The highest BCUT2D eigenvalue weighted by molar-refractivity contribution is 7.89. The molecule has 1 aromatic carbocycles. The minimum absolute atomic E-state index is 0.118. The third-order valence-electron chi connectivity index (χ3n) is 4.90. The molecule has 2 saturated heterocycles. The Bertz CT molecular complexity index is 757. The predicted octanol–water partition coefficient (Wildman–Crippen LogP) is 1.41. The Labute approximate surface area is 159 Å². The molecule has 0 spiro atoms. The normalized spacial score (nSPS) is 20.8.